The van der Waals surface area contributed by atoms with Crippen molar-refractivity contribution in [3.8, 4) is 5.75 Å². The summed E-state index contributed by atoms with van der Waals surface area (Å²) in [6.45, 7) is 1.49. The van der Waals surface area contributed by atoms with Crippen LogP contribution in [0.5, 0.6) is 5.75 Å². The number of rotatable bonds is 5. The number of aryl methyl sites for hydroxylation is 1. The van der Waals surface area contributed by atoms with Crippen molar-refractivity contribution in [1.29, 1.82) is 0 Å². The average Bonchev–Trinajstić information content (AvgIpc) is 2.62. The summed E-state index contributed by atoms with van der Waals surface area (Å²) < 4.78 is 5.37. The second-order valence-corrected chi connectivity index (χ2v) is 6.03. The van der Waals surface area contributed by atoms with Gasteiger partial charge in [-0.15, -0.1) is 0 Å². The summed E-state index contributed by atoms with van der Waals surface area (Å²) >= 11 is 0. The number of fused-ring (bicyclic) bond motifs is 1. The number of amides is 2. The zero-order valence-electron chi connectivity index (χ0n) is 14.2. The monoisotopic (exact) mass is 357 g/mol. The molecule has 1 atom stereocenters. The molecule has 0 saturated heterocycles. The van der Waals surface area contributed by atoms with Crippen molar-refractivity contribution in [1.82, 2.24) is 10.3 Å². The highest BCUT2D eigenvalue weighted by molar-refractivity contribution is 6.02. The number of carbonyl (C=O) groups excluding carboxylic acids is 2. The maximum absolute atomic E-state index is 12.2. The Balaban J connectivity index is 1.64. The Kier molecular flexibility index (Phi) is 5.04. The Hall–Kier alpha value is -3.13. The molecule has 1 aromatic heterocycles. The standard InChI is InChI=1S/C18H19N3O5/c1-11-5-6-15-13(7-11)21(18(25)10-26-15)9-17(24)19-8-14(22)12-3-2-4-16(23)20-12/h2-7,14,22H,8-10H2,1H3,(H,19,24)(H,20,23). The molecule has 0 saturated carbocycles. The molecular formula is C18H19N3O5. The third-order valence-corrected chi connectivity index (χ3v) is 4.00. The maximum atomic E-state index is 12.2. The van der Waals surface area contributed by atoms with Crippen LogP contribution in [0.15, 0.2) is 41.2 Å². The van der Waals surface area contributed by atoms with Crippen LogP contribution < -0.4 is 20.5 Å². The number of hydrogen-bond donors (Lipinski definition) is 3. The molecule has 1 unspecified atom stereocenters. The van der Waals surface area contributed by atoms with Crippen LogP contribution in [0.2, 0.25) is 0 Å². The minimum atomic E-state index is -1.05. The summed E-state index contributed by atoms with van der Waals surface area (Å²) in [5.41, 5.74) is 1.46. The predicted molar refractivity (Wildman–Crippen MR) is 94.1 cm³/mol. The Morgan fingerprint density at radius 2 is 2.15 bits per heavy atom. The first-order valence-corrected chi connectivity index (χ1v) is 8.12. The average molecular weight is 357 g/mol. The summed E-state index contributed by atoms with van der Waals surface area (Å²) in [6, 6.07) is 9.82. The molecule has 136 valence electrons. The smallest absolute Gasteiger partial charge is 0.265 e. The molecule has 1 aliphatic rings. The third-order valence-electron chi connectivity index (χ3n) is 4.00. The van der Waals surface area contributed by atoms with Gasteiger partial charge in [0, 0.05) is 18.3 Å². The largest absolute Gasteiger partial charge is 0.482 e. The van der Waals surface area contributed by atoms with Gasteiger partial charge in [0.15, 0.2) is 6.61 Å². The number of aromatic amines is 1. The molecule has 3 N–H and O–H groups in total. The quantitative estimate of drug-likeness (QED) is 0.711. The van der Waals surface area contributed by atoms with E-state index in [1.807, 2.05) is 13.0 Å². The minimum absolute atomic E-state index is 0.0853. The lowest BCUT2D eigenvalue weighted by Crippen LogP contribution is -2.45. The van der Waals surface area contributed by atoms with Crippen molar-refractivity contribution in [3.63, 3.8) is 0 Å². The van der Waals surface area contributed by atoms with Gasteiger partial charge in [-0.1, -0.05) is 12.1 Å². The summed E-state index contributed by atoms with van der Waals surface area (Å²) in [7, 11) is 0. The summed E-state index contributed by atoms with van der Waals surface area (Å²) in [5, 5.41) is 12.6. The topological polar surface area (TPSA) is 112 Å². The second kappa shape index (κ2) is 7.40. The van der Waals surface area contributed by atoms with E-state index in [2.05, 4.69) is 10.3 Å². The van der Waals surface area contributed by atoms with Crippen LogP contribution in [0.4, 0.5) is 5.69 Å². The first kappa shape index (κ1) is 17.7. The predicted octanol–water partition coefficient (Wildman–Crippen LogP) is 0.259. The molecule has 0 fully saturated rings. The highest BCUT2D eigenvalue weighted by atomic mass is 16.5. The van der Waals surface area contributed by atoms with Gasteiger partial charge in [0.2, 0.25) is 11.5 Å². The van der Waals surface area contributed by atoms with Crippen molar-refractivity contribution >= 4 is 17.5 Å². The van der Waals surface area contributed by atoms with E-state index in [1.165, 1.54) is 17.0 Å². The number of hydrogen-bond acceptors (Lipinski definition) is 5. The summed E-state index contributed by atoms with van der Waals surface area (Å²) in [5.74, 6) is -0.193. The van der Waals surface area contributed by atoms with Crippen molar-refractivity contribution in [3.05, 3.63) is 58.0 Å². The Morgan fingerprint density at radius 3 is 2.92 bits per heavy atom. The van der Waals surface area contributed by atoms with Crippen LogP contribution in [-0.2, 0) is 9.59 Å². The molecule has 1 aliphatic heterocycles. The van der Waals surface area contributed by atoms with Crippen molar-refractivity contribution in [2.24, 2.45) is 0 Å². The SMILES string of the molecule is Cc1ccc2c(c1)N(CC(=O)NCC(O)c1cccc(=O)[nH]1)C(=O)CO2. The summed E-state index contributed by atoms with van der Waals surface area (Å²) in [6.07, 6.45) is -1.05. The molecule has 2 amide bonds. The fraction of sp³-hybridized carbons (Fsp3) is 0.278. The maximum Gasteiger partial charge on any atom is 0.265 e. The molecule has 8 nitrogen and oxygen atoms in total. The molecule has 1 aromatic carbocycles. The van der Waals surface area contributed by atoms with E-state index in [-0.39, 0.29) is 31.2 Å². The van der Waals surface area contributed by atoms with Crippen LogP contribution in [-0.4, -0.2) is 41.6 Å². The van der Waals surface area contributed by atoms with Crippen LogP contribution in [0.1, 0.15) is 17.4 Å². The first-order valence-electron chi connectivity index (χ1n) is 8.12. The van der Waals surface area contributed by atoms with Gasteiger partial charge in [-0.05, 0) is 30.7 Å². The van der Waals surface area contributed by atoms with Crippen molar-refractivity contribution in [2.45, 2.75) is 13.0 Å². The number of aromatic nitrogens is 1. The van der Waals surface area contributed by atoms with Gasteiger partial charge >= 0.3 is 0 Å². The molecule has 2 aromatic rings. The van der Waals surface area contributed by atoms with Gasteiger partial charge in [-0.3, -0.25) is 19.3 Å². The Labute approximate surface area is 149 Å². The van der Waals surface area contributed by atoms with Crippen LogP contribution in [0, 0.1) is 6.92 Å². The summed E-state index contributed by atoms with van der Waals surface area (Å²) in [4.78, 5) is 39.5. The third kappa shape index (κ3) is 3.92. The molecule has 8 heteroatoms. The Morgan fingerprint density at radius 1 is 1.35 bits per heavy atom. The lowest BCUT2D eigenvalue weighted by atomic mass is 10.1. The van der Waals surface area contributed by atoms with E-state index in [0.29, 0.717) is 17.1 Å². The fourth-order valence-electron chi connectivity index (χ4n) is 2.66. The number of H-pyrrole nitrogens is 1. The minimum Gasteiger partial charge on any atom is -0.482 e. The lowest BCUT2D eigenvalue weighted by molar-refractivity contribution is -0.125. The van der Waals surface area contributed by atoms with E-state index in [0.717, 1.165) is 5.56 Å². The Bertz CT molecular complexity index is 892. The van der Waals surface area contributed by atoms with Crippen LogP contribution >= 0.6 is 0 Å². The van der Waals surface area contributed by atoms with Gasteiger partial charge < -0.3 is 20.1 Å². The van der Waals surface area contributed by atoms with Crippen molar-refractivity contribution < 1.29 is 19.4 Å². The van der Waals surface area contributed by atoms with Crippen LogP contribution in [0.3, 0.4) is 0 Å². The fourth-order valence-corrected chi connectivity index (χ4v) is 2.66. The number of aliphatic hydroxyl groups is 1. The van der Waals surface area contributed by atoms with E-state index in [4.69, 9.17) is 4.74 Å². The number of carbonyl (C=O) groups is 2. The van der Waals surface area contributed by atoms with Gasteiger partial charge in [0.05, 0.1) is 5.69 Å². The number of nitrogens with zero attached hydrogens (tertiary/aromatic N) is 1. The highest BCUT2D eigenvalue weighted by Gasteiger charge is 2.27. The molecule has 2 heterocycles. The molecule has 0 bridgehead atoms. The number of anilines is 1. The highest BCUT2D eigenvalue weighted by Crippen LogP contribution is 2.32. The number of ether oxygens (including phenoxy) is 1. The number of aliphatic hydroxyl groups excluding tert-OH is 1. The number of benzene rings is 1. The lowest BCUT2D eigenvalue weighted by Gasteiger charge is -2.29. The second-order valence-electron chi connectivity index (χ2n) is 6.03. The number of pyridine rings is 1. The van der Waals surface area contributed by atoms with E-state index in [9.17, 15) is 19.5 Å². The molecule has 0 radical (unpaired) electrons. The molecule has 3 rings (SSSR count). The molecule has 0 spiro atoms. The van der Waals surface area contributed by atoms with Crippen molar-refractivity contribution in [2.75, 3.05) is 24.6 Å². The van der Waals surface area contributed by atoms with Gasteiger partial charge in [-0.2, -0.15) is 0 Å². The molecule has 0 aliphatic carbocycles. The van der Waals surface area contributed by atoms with Gasteiger partial charge in [0.25, 0.3) is 5.91 Å². The van der Waals surface area contributed by atoms with Gasteiger partial charge in [-0.25, -0.2) is 0 Å². The van der Waals surface area contributed by atoms with E-state index in [1.54, 1.807) is 18.2 Å². The van der Waals surface area contributed by atoms with E-state index < -0.39 is 12.0 Å². The zero-order valence-corrected chi connectivity index (χ0v) is 14.2. The molecule has 26 heavy (non-hydrogen) atoms. The van der Waals surface area contributed by atoms with E-state index >= 15 is 0 Å². The van der Waals surface area contributed by atoms with Crippen LogP contribution in [0.25, 0.3) is 0 Å². The normalized spacial score (nSPS) is 14.4. The van der Waals surface area contributed by atoms with Gasteiger partial charge in [0.1, 0.15) is 18.4 Å². The zero-order chi connectivity index (χ0) is 18.7. The first-order chi connectivity index (χ1) is 12.4. The number of nitrogens with one attached hydrogen (secondary N) is 2. The molecular weight excluding hydrogens is 338 g/mol.